The summed E-state index contributed by atoms with van der Waals surface area (Å²) in [5.74, 6) is 0. The van der Waals surface area contributed by atoms with Crippen LogP contribution in [0.1, 0.15) is 45.7 Å². The van der Waals surface area contributed by atoms with E-state index in [4.69, 9.17) is 0 Å². The van der Waals surface area contributed by atoms with E-state index in [0.717, 1.165) is 31.5 Å². The number of aryl methyl sites for hydroxylation is 1. The SMILES string of the molecule is CCn1cc(S(=O)(=O)NC2CCC2)cc1CNC(C)C. The van der Waals surface area contributed by atoms with Gasteiger partial charge in [-0.1, -0.05) is 20.3 Å². The largest absolute Gasteiger partial charge is 0.349 e. The zero-order valence-corrected chi connectivity index (χ0v) is 13.3. The molecule has 5 nitrogen and oxygen atoms in total. The Bertz CT molecular complexity index is 545. The molecular formula is C14H25N3O2S. The van der Waals surface area contributed by atoms with Gasteiger partial charge in [-0.3, -0.25) is 0 Å². The smallest absolute Gasteiger partial charge is 0.242 e. The van der Waals surface area contributed by atoms with Gasteiger partial charge >= 0.3 is 0 Å². The van der Waals surface area contributed by atoms with Crippen LogP contribution in [0.15, 0.2) is 17.2 Å². The molecule has 0 saturated heterocycles. The lowest BCUT2D eigenvalue weighted by molar-refractivity contribution is 0.383. The molecule has 0 aliphatic heterocycles. The lowest BCUT2D eigenvalue weighted by Gasteiger charge is -2.25. The predicted octanol–water partition coefficient (Wildman–Crippen LogP) is 1.84. The van der Waals surface area contributed by atoms with Crippen LogP contribution in [0.3, 0.4) is 0 Å². The summed E-state index contributed by atoms with van der Waals surface area (Å²) >= 11 is 0. The molecule has 1 aliphatic rings. The van der Waals surface area contributed by atoms with Gasteiger partial charge in [0.1, 0.15) is 0 Å². The van der Waals surface area contributed by atoms with Crippen LogP contribution in [-0.4, -0.2) is 25.1 Å². The fourth-order valence-corrected chi connectivity index (χ4v) is 3.60. The molecule has 1 aromatic heterocycles. The van der Waals surface area contributed by atoms with Gasteiger partial charge in [-0.25, -0.2) is 13.1 Å². The first-order chi connectivity index (χ1) is 9.42. The number of rotatable bonds is 7. The van der Waals surface area contributed by atoms with Gasteiger partial charge < -0.3 is 9.88 Å². The minimum absolute atomic E-state index is 0.127. The molecule has 1 heterocycles. The third kappa shape index (κ3) is 3.62. The summed E-state index contributed by atoms with van der Waals surface area (Å²) in [6.07, 6.45) is 4.76. The van der Waals surface area contributed by atoms with Crippen molar-refractivity contribution in [3.63, 3.8) is 0 Å². The van der Waals surface area contributed by atoms with Gasteiger partial charge in [0, 0.05) is 37.1 Å². The lowest BCUT2D eigenvalue weighted by Crippen LogP contribution is -2.39. The molecule has 1 aliphatic carbocycles. The van der Waals surface area contributed by atoms with Crippen molar-refractivity contribution in [1.29, 1.82) is 0 Å². The molecule has 2 rings (SSSR count). The van der Waals surface area contributed by atoms with E-state index in [2.05, 4.69) is 23.9 Å². The Morgan fingerprint density at radius 3 is 2.60 bits per heavy atom. The fraction of sp³-hybridized carbons (Fsp3) is 0.714. The third-order valence-corrected chi connectivity index (χ3v) is 5.22. The van der Waals surface area contributed by atoms with E-state index < -0.39 is 10.0 Å². The second-order valence-corrected chi connectivity index (χ2v) is 7.45. The van der Waals surface area contributed by atoms with E-state index >= 15 is 0 Å². The molecule has 1 aromatic rings. The molecule has 6 heteroatoms. The predicted molar refractivity (Wildman–Crippen MR) is 80.0 cm³/mol. The molecule has 114 valence electrons. The molecule has 1 saturated carbocycles. The standard InChI is InChI=1S/C14H25N3O2S/c1-4-17-10-14(8-13(17)9-15-11(2)3)20(18,19)16-12-6-5-7-12/h8,10-12,15-16H,4-7,9H2,1-3H3. The van der Waals surface area contributed by atoms with E-state index in [-0.39, 0.29) is 6.04 Å². The molecular weight excluding hydrogens is 274 g/mol. The molecule has 20 heavy (non-hydrogen) atoms. The van der Waals surface area contributed by atoms with Crippen molar-refractivity contribution < 1.29 is 8.42 Å². The Hall–Kier alpha value is -0.850. The van der Waals surface area contributed by atoms with Crippen LogP contribution in [0.5, 0.6) is 0 Å². The maximum absolute atomic E-state index is 12.3. The summed E-state index contributed by atoms with van der Waals surface area (Å²) in [5, 5.41) is 3.33. The average Bonchev–Trinajstić information content (AvgIpc) is 2.75. The molecule has 1 fully saturated rings. The highest BCUT2D eigenvalue weighted by molar-refractivity contribution is 7.89. The molecule has 0 aromatic carbocycles. The first kappa shape index (κ1) is 15.5. The summed E-state index contributed by atoms with van der Waals surface area (Å²) in [6.45, 7) is 7.64. The van der Waals surface area contributed by atoms with Gasteiger partial charge in [-0.2, -0.15) is 0 Å². The summed E-state index contributed by atoms with van der Waals surface area (Å²) in [7, 11) is -3.37. The molecule has 0 spiro atoms. The minimum Gasteiger partial charge on any atom is -0.349 e. The minimum atomic E-state index is -3.37. The Morgan fingerprint density at radius 1 is 1.40 bits per heavy atom. The number of nitrogens with one attached hydrogen (secondary N) is 2. The number of nitrogens with zero attached hydrogens (tertiary/aromatic N) is 1. The number of hydrogen-bond donors (Lipinski definition) is 2. The maximum atomic E-state index is 12.3. The summed E-state index contributed by atoms with van der Waals surface area (Å²) in [6, 6.07) is 2.28. The average molecular weight is 299 g/mol. The number of sulfonamides is 1. The van der Waals surface area contributed by atoms with Gasteiger partial charge in [0.25, 0.3) is 0 Å². The van der Waals surface area contributed by atoms with Crippen molar-refractivity contribution >= 4 is 10.0 Å². The van der Waals surface area contributed by atoms with Crippen LogP contribution in [0, 0.1) is 0 Å². The highest BCUT2D eigenvalue weighted by Crippen LogP contribution is 2.22. The van der Waals surface area contributed by atoms with E-state index in [1.807, 2.05) is 11.5 Å². The van der Waals surface area contributed by atoms with Crippen LogP contribution in [0.4, 0.5) is 0 Å². The van der Waals surface area contributed by atoms with Crippen LogP contribution in [-0.2, 0) is 23.1 Å². The number of aromatic nitrogens is 1. The van der Waals surface area contributed by atoms with Crippen molar-refractivity contribution in [1.82, 2.24) is 14.6 Å². The van der Waals surface area contributed by atoms with Gasteiger partial charge in [-0.05, 0) is 25.8 Å². The van der Waals surface area contributed by atoms with E-state index in [1.54, 1.807) is 12.3 Å². The normalized spacial score (nSPS) is 16.6. The molecule has 0 unspecified atom stereocenters. The van der Waals surface area contributed by atoms with Crippen molar-refractivity contribution in [3.05, 3.63) is 18.0 Å². The Morgan fingerprint density at radius 2 is 2.10 bits per heavy atom. The second kappa shape index (κ2) is 6.28. The van der Waals surface area contributed by atoms with Crippen LogP contribution in [0.25, 0.3) is 0 Å². The third-order valence-electron chi connectivity index (χ3n) is 3.73. The van der Waals surface area contributed by atoms with Crippen molar-refractivity contribution in [2.24, 2.45) is 0 Å². The van der Waals surface area contributed by atoms with Crippen LogP contribution >= 0.6 is 0 Å². The van der Waals surface area contributed by atoms with Crippen molar-refractivity contribution in [2.45, 2.75) is 70.1 Å². The Balaban J connectivity index is 2.14. The van der Waals surface area contributed by atoms with Gasteiger partial charge in [0.15, 0.2) is 0 Å². The van der Waals surface area contributed by atoms with Gasteiger partial charge in [0.05, 0.1) is 4.90 Å². The molecule has 0 atom stereocenters. The molecule has 0 amide bonds. The fourth-order valence-electron chi connectivity index (χ4n) is 2.24. The quantitative estimate of drug-likeness (QED) is 0.807. The van der Waals surface area contributed by atoms with Crippen molar-refractivity contribution in [3.8, 4) is 0 Å². The Labute approximate surface area is 121 Å². The van der Waals surface area contributed by atoms with Crippen LogP contribution < -0.4 is 10.0 Å². The van der Waals surface area contributed by atoms with E-state index in [0.29, 0.717) is 17.5 Å². The first-order valence-corrected chi connectivity index (χ1v) is 8.85. The molecule has 0 bridgehead atoms. The lowest BCUT2D eigenvalue weighted by atomic mass is 9.94. The first-order valence-electron chi connectivity index (χ1n) is 7.37. The second-order valence-electron chi connectivity index (χ2n) is 5.74. The summed E-state index contributed by atoms with van der Waals surface area (Å²) < 4.78 is 29.4. The maximum Gasteiger partial charge on any atom is 0.242 e. The highest BCUT2D eigenvalue weighted by Gasteiger charge is 2.26. The van der Waals surface area contributed by atoms with Crippen molar-refractivity contribution in [2.75, 3.05) is 0 Å². The number of hydrogen-bond acceptors (Lipinski definition) is 3. The van der Waals surface area contributed by atoms with Gasteiger partial charge in [0.2, 0.25) is 10.0 Å². The van der Waals surface area contributed by atoms with Gasteiger partial charge in [-0.15, -0.1) is 0 Å². The van der Waals surface area contributed by atoms with E-state index in [1.165, 1.54) is 0 Å². The Kier molecular flexibility index (Phi) is 4.88. The summed E-state index contributed by atoms with van der Waals surface area (Å²) in [5.41, 5.74) is 1.01. The zero-order valence-electron chi connectivity index (χ0n) is 12.5. The summed E-state index contributed by atoms with van der Waals surface area (Å²) in [4.78, 5) is 0.381. The zero-order chi connectivity index (χ0) is 14.8. The molecule has 0 radical (unpaired) electrons. The molecule has 2 N–H and O–H groups in total. The monoisotopic (exact) mass is 299 g/mol. The highest BCUT2D eigenvalue weighted by atomic mass is 32.2. The van der Waals surface area contributed by atoms with Crippen LogP contribution in [0.2, 0.25) is 0 Å². The van der Waals surface area contributed by atoms with E-state index in [9.17, 15) is 8.42 Å². The topological polar surface area (TPSA) is 63.1 Å².